The molecule has 1 unspecified atom stereocenters. The molecular weight excluding hydrogens is 242 g/mol. The Labute approximate surface area is 112 Å². The SMILES string of the molecule is Cc1nc(C(O)c2ccc(C(C)(C)C)cc2)cs1. The molecule has 3 heteroatoms. The smallest absolute Gasteiger partial charge is 0.122 e. The van der Waals surface area contributed by atoms with Crippen molar-refractivity contribution in [2.45, 2.75) is 39.2 Å². The highest BCUT2D eigenvalue weighted by molar-refractivity contribution is 7.09. The van der Waals surface area contributed by atoms with Gasteiger partial charge in [-0.2, -0.15) is 0 Å². The minimum atomic E-state index is -0.621. The van der Waals surface area contributed by atoms with Gasteiger partial charge in [0, 0.05) is 5.38 Å². The van der Waals surface area contributed by atoms with E-state index in [1.165, 1.54) is 5.56 Å². The third-order valence-electron chi connectivity index (χ3n) is 3.01. The molecule has 0 saturated carbocycles. The summed E-state index contributed by atoms with van der Waals surface area (Å²) in [6.45, 7) is 8.50. The Morgan fingerprint density at radius 1 is 1.17 bits per heavy atom. The van der Waals surface area contributed by atoms with E-state index in [-0.39, 0.29) is 5.41 Å². The van der Waals surface area contributed by atoms with E-state index >= 15 is 0 Å². The van der Waals surface area contributed by atoms with E-state index in [9.17, 15) is 5.11 Å². The summed E-state index contributed by atoms with van der Waals surface area (Å²) in [5, 5.41) is 13.1. The largest absolute Gasteiger partial charge is 0.382 e. The summed E-state index contributed by atoms with van der Waals surface area (Å²) in [7, 11) is 0. The summed E-state index contributed by atoms with van der Waals surface area (Å²) in [5.41, 5.74) is 3.04. The van der Waals surface area contributed by atoms with Crippen LogP contribution in [-0.4, -0.2) is 10.1 Å². The van der Waals surface area contributed by atoms with Gasteiger partial charge in [0.15, 0.2) is 0 Å². The lowest BCUT2D eigenvalue weighted by molar-refractivity contribution is 0.216. The van der Waals surface area contributed by atoms with Crippen LogP contribution in [0, 0.1) is 6.92 Å². The molecule has 0 fully saturated rings. The van der Waals surface area contributed by atoms with E-state index in [4.69, 9.17) is 0 Å². The number of rotatable bonds is 2. The van der Waals surface area contributed by atoms with Crippen molar-refractivity contribution in [3.63, 3.8) is 0 Å². The van der Waals surface area contributed by atoms with E-state index in [1.807, 2.05) is 24.4 Å². The summed E-state index contributed by atoms with van der Waals surface area (Å²) in [5.74, 6) is 0. The average molecular weight is 261 g/mol. The van der Waals surface area contributed by atoms with Crippen LogP contribution in [0.25, 0.3) is 0 Å². The summed E-state index contributed by atoms with van der Waals surface area (Å²) < 4.78 is 0. The van der Waals surface area contributed by atoms with Gasteiger partial charge in [-0.25, -0.2) is 4.98 Å². The van der Waals surface area contributed by atoms with E-state index in [2.05, 4.69) is 37.9 Å². The van der Waals surface area contributed by atoms with Gasteiger partial charge in [0.2, 0.25) is 0 Å². The first-order valence-corrected chi connectivity index (χ1v) is 6.96. The molecule has 1 aromatic carbocycles. The Morgan fingerprint density at radius 2 is 1.78 bits per heavy atom. The molecule has 2 rings (SSSR count). The van der Waals surface area contributed by atoms with Crippen molar-refractivity contribution in [1.82, 2.24) is 4.98 Å². The Kier molecular flexibility index (Phi) is 3.55. The molecule has 0 amide bonds. The van der Waals surface area contributed by atoms with Crippen molar-refractivity contribution in [3.8, 4) is 0 Å². The third kappa shape index (κ3) is 2.79. The number of aliphatic hydroxyl groups excluding tert-OH is 1. The van der Waals surface area contributed by atoms with Crippen LogP contribution in [0.2, 0.25) is 0 Å². The molecule has 0 aliphatic heterocycles. The first-order chi connectivity index (χ1) is 8.38. The number of thiazole rings is 1. The normalized spacial score (nSPS) is 13.6. The molecule has 0 spiro atoms. The summed E-state index contributed by atoms with van der Waals surface area (Å²) in [6, 6.07) is 8.13. The second kappa shape index (κ2) is 4.82. The van der Waals surface area contributed by atoms with Gasteiger partial charge in [0.1, 0.15) is 6.10 Å². The summed E-state index contributed by atoms with van der Waals surface area (Å²) in [6.07, 6.45) is -0.621. The van der Waals surface area contributed by atoms with Crippen molar-refractivity contribution in [2.24, 2.45) is 0 Å². The van der Waals surface area contributed by atoms with Crippen LogP contribution in [0.5, 0.6) is 0 Å². The molecule has 0 aliphatic rings. The van der Waals surface area contributed by atoms with Crippen LogP contribution < -0.4 is 0 Å². The fourth-order valence-electron chi connectivity index (χ4n) is 1.84. The molecule has 96 valence electrons. The zero-order valence-corrected chi connectivity index (χ0v) is 12.1. The molecule has 1 N–H and O–H groups in total. The van der Waals surface area contributed by atoms with Gasteiger partial charge in [-0.3, -0.25) is 0 Å². The number of aromatic nitrogens is 1. The van der Waals surface area contributed by atoms with Gasteiger partial charge in [0.05, 0.1) is 10.7 Å². The molecular formula is C15H19NOS. The Morgan fingerprint density at radius 3 is 2.22 bits per heavy atom. The van der Waals surface area contributed by atoms with E-state index < -0.39 is 6.10 Å². The molecule has 0 radical (unpaired) electrons. The minimum absolute atomic E-state index is 0.140. The number of aliphatic hydroxyl groups is 1. The quantitative estimate of drug-likeness (QED) is 0.891. The number of aryl methyl sites for hydroxylation is 1. The lowest BCUT2D eigenvalue weighted by Crippen LogP contribution is -2.11. The number of nitrogens with zero attached hydrogens (tertiary/aromatic N) is 1. The molecule has 0 saturated heterocycles. The standard InChI is InChI=1S/C15H19NOS/c1-10-16-13(9-18-10)14(17)11-5-7-12(8-6-11)15(2,3)4/h5-9,14,17H,1-4H3. The van der Waals surface area contributed by atoms with Crippen molar-refractivity contribution in [3.05, 3.63) is 51.5 Å². The van der Waals surface area contributed by atoms with E-state index in [1.54, 1.807) is 11.3 Å². The molecule has 18 heavy (non-hydrogen) atoms. The molecule has 0 aliphatic carbocycles. The molecule has 1 aromatic heterocycles. The van der Waals surface area contributed by atoms with E-state index in [0.717, 1.165) is 16.3 Å². The molecule has 0 bridgehead atoms. The lowest BCUT2D eigenvalue weighted by Gasteiger charge is -2.19. The van der Waals surface area contributed by atoms with Gasteiger partial charge in [-0.1, -0.05) is 45.0 Å². The van der Waals surface area contributed by atoms with Crippen LogP contribution in [0.4, 0.5) is 0 Å². The third-order valence-corrected chi connectivity index (χ3v) is 3.80. The summed E-state index contributed by atoms with van der Waals surface area (Å²) >= 11 is 1.56. The topological polar surface area (TPSA) is 33.1 Å². The lowest BCUT2D eigenvalue weighted by atomic mass is 9.86. The fraction of sp³-hybridized carbons (Fsp3) is 0.400. The first kappa shape index (κ1) is 13.2. The van der Waals surface area contributed by atoms with Crippen LogP contribution in [0.3, 0.4) is 0 Å². The maximum atomic E-state index is 10.2. The number of hydrogen-bond donors (Lipinski definition) is 1. The van der Waals surface area contributed by atoms with Gasteiger partial charge in [0.25, 0.3) is 0 Å². The van der Waals surface area contributed by atoms with Crippen LogP contribution in [0.15, 0.2) is 29.6 Å². The molecule has 1 heterocycles. The first-order valence-electron chi connectivity index (χ1n) is 6.08. The van der Waals surface area contributed by atoms with Crippen molar-refractivity contribution < 1.29 is 5.11 Å². The maximum Gasteiger partial charge on any atom is 0.122 e. The predicted octanol–water partition coefficient (Wildman–Crippen LogP) is 3.83. The number of benzene rings is 1. The Hall–Kier alpha value is -1.19. The highest BCUT2D eigenvalue weighted by atomic mass is 32.1. The van der Waals surface area contributed by atoms with Gasteiger partial charge in [-0.05, 0) is 23.5 Å². The Balaban J connectivity index is 2.24. The van der Waals surface area contributed by atoms with Gasteiger partial charge >= 0.3 is 0 Å². The Bertz CT molecular complexity index is 522. The van der Waals surface area contributed by atoms with Crippen LogP contribution in [0.1, 0.15) is 48.7 Å². The highest BCUT2D eigenvalue weighted by Gasteiger charge is 2.16. The monoisotopic (exact) mass is 261 g/mol. The molecule has 2 nitrogen and oxygen atoms in total. The maximum absolute atomic E-state index is 10.2. The predicted molar refractivity (Wildman–Crippen MR) is 76.1 cm³/mol. The molecule has 2 aromatic rings. The average Bonchev–Trinajstić information content (AvgIpc) is 2.74. The molecule has 1 atom stereocenters. The number of hydrogen-bond acceptors (Lipinski definition) is 3. The van der Waals surface area contributed by atoms with Gasteiger partial charge in [-0.15, -0.1) is 11.3 Å². The van der Waals surface area contributed by atoms with Crippen molar-refractivity contribution in [1.29, 1.82) is 0 Å². The second-order valence-corrected chi connectivity index (χ2v) is 6.63. The van der Waals surface area contributed by atoms with Crippen LogP contribution in [-0.2, 0) is 5.41 Å². The fourth-order valence-corrected chi connectivity index (χ4v) is 2.47. The van der Waals surface area contributed by atoms with E-state index in [0.29, 0.717) is 0 Å². The zero-order valence-electron chi connectivity index (χ0n) is 11.3. The van der Waals surface area contributed by atoms with Crippen molar-refractivity contribution in [2.75, 3.05) is 0 Å². The van der Waals surface area contributed by atoms with Crippen molar-refractivity contribution >= 4 is 11.3 Å². The highest BCUT2D eigenvalue weighted by Crippen LogP contribution is 2.27. The minimum Gasteiger partial charge on any atom is -0.382 e. The second-order valence-electron chi connectivity index (χ2n) is 5.57. The zero-order chi connectivity index (χ0) is 13.3. The van der Waals surface area contributed by atoms with Crippen LogP contribution >= 0.6 is 11.3 Å². The summed E-state index contributed by atoms with van der Waals surface area (Å²) in [4.78, 5) is 4.33. The van der Waals surface area contributed by atoms with Gasteiger partial charge < -0.3 is 5.11 Å².